The molecule has 1 aliphatic heterocycles. The van der Waals surface area contributed by atoms with E-state index in [1.807, 2.05) is 31.2 Å². The topological polar surface area (TPSA) is 101 Å². The van der Waals surface area contributed by atoms with Crippen molar-refractivity contribution in [2.75, 3.05) is 5.43 Å². The Morgan fingerprint density at radius 1 is 1.28 bits per heavy atom. The summed E-state index contributed by atoms with van der Waals surface area (Å²) in [6, 6.07) is 7.57. The van der Waals surface area contributed by atoms with Gasteiger partial charge in [0.25, 0.3) is 0 Å². The second kappa shape index (κ2) is 4.92. The summed E-state index contributed by atoms with van der Waals surface area (Å²) >= 11 is 5.11. The summed E-state index contributed by atoms with van der Waals surface area (Å²) in [6.45, 7) is 1.87. The summed E-state index contributed by atoms with van der Waals surface area (Å²) in [5.74, 6) is 0.393. The van der Waals surface area contributed by atoms with E-state index in [0.717, 1.165) is 16.1 Å². The number of nitrogens with two attached hydrogens (primary N) is 2. The molecule has 0 amide bonds. The first-order valence-corrected chi connectivity index (χ1v) is 5.61. The van der Waals surface area contributed by atoms with Gasteiger partial charge in [-0.15, -0.1) is 10.2 Å². The van der Waals surface area contributed by atoms with Gasteiger partial charge in [-0.1, -0.05) is 24.4 Å². The third kappa shape index (κ3) is 2.51. The number of nitrogens with one attached hydrogen (secondary N) is 1. The van der Waals surface area contributed by atoms with Crippen molar-refractivity contribution >= 4 is 40.2 Å². The zero-order valence-corrected chi connectivity index (χ0v) is 10.5. The van der Waals surface area contributed by atoms with Crippen molar-refractivity contribution in [1.82, 2.24) is 0 Å². The highest BCUT2D eigenvalue weighted by molar-refractivity contribution is 7.80. The standard InChI is InChI=1S/C11H12N6S/c1-6(18)7-3-2-4-8(5-7)14-15-9-10(12)16-17-11(9)13/h2-5,14H,1H3,(H4,12,13,15,16,17). The van der Waals surface area contributed by atoms with E-state index in [2.05, 4.69) is 20.7 Å². The molecule has 1 aliphatic rings. The fraction of sp³-hybridized carbons (Fsp3) is 0.0909. The van der Waals surface area contributed by atoms with Gasteiger partial charge in [0.05, 0.1) is 5.69 Å². The van der Waals surface area contributed by atoms with Gasteiger partial charge in [0.2, 0.25) is 0 Å². The zero-order valence-electron chi connectivity index (χ0n) is 9.71. The van der Waals surface area contributed by atoms with Crippen LogP contribution in [0.1, 0.15) is 12.5 Å². The van der Waals surface area contributed by atoms with Crippen LogP contribution in [0.5, 0.6) is 0 Å². The first-order valence-electron chi connectivity index (χ1n) is 5.20. The zero-order chi connectivity index (χ0) is 13.1. The van der Waals surface area contributed by atoms with Gasteiger partial charge in [-0.3, -0.25) is 5.43 Å². The van der Waals surface area contributed by atoms with Gasteiger partial charge in [0.1, 0.15) is 0 Å². The Balaban J connectivity index is 2.18. The van der Waals surface area contributed by atoms with E-state index in [9.17, 15) is 0 Å². The Labute approximate surface area is 109 Å². The molecule has 1 aromatic rings. The van der Waals surface area contributed by atoms with Gasteiger partial charge in [-0.2, -0.15) is 5.10 Å². The third-order valence-corrected chi connectivity index (χ3v) is 2.55. The molecule has 0 radical (unpaired) electrons. The van der Waals surface area contributed by atoms with Crippen LogP contribution in [0, 0.1) is 0 Å². The molecule has 0 aliphatic carbocycles. The number of hydrogen-bond acceptors (Lipinski definition) is 7. The number of amidine groups is 2. The highest BCUT2D eigenvalue weighted by atomic mass is 32.1. The molecular formula is C11H12N6S. The molecule has 7 heteroatoms. The van der Waals surface area contributed by atoms with E-state index < -0.39 is 0 Å². The van der Waals surface area contributed by atoms with E-state index in [1.165, 1.54) is 0 Å². The molecule has 0 aromatic heterocycles. The van der Waals surface area contributed by atoms with Gasteiger partial charge in [-0.25, -0.2) is 0 Å². The molecule has 0 saturated heterocycles. The molecule has 1 heterocycles. The largest absolute Gasteiger partial charge is 0.380 e. The summed E-state index contributed by atoms with van der Waals surface area (Å²) in [6.07, 6.45) is 0. The van der Waals surface area contributed by atoms with Gasteiger partial charge >= 0.3 is 0 Å². The molecular weight excluding hydrogens is 248 g/mol. The van der Waals surface area contributed by atoms with E-state index in [4.69, 9.17) is 23.7 Å². The molecule has 5 N–H and O–H groups in total. The van der Waals surface area contributed by atoms with E-state index in [1.54, 1.807) is 0 Å². The maximum Gasteiger partial charge on any atom is 0.177 e. The SMILES string of the molecule is CC(=S)c1cccc(NN=C2C(N)=NN=C2N)c1. The Morgan fingerprint density at radius 3 is 2.56 bits per heavy atom. The minimum absolute atomic E-state index is 0.196. The Kier molecular flexibility index (Phi) is 3.33. The van der Waals surface area contributed by atoms with Crippen LogP contribution >= 0.6 is 12.2 Å². The summed E-state index contributed by atoms with van der Waals surface area (Å²) in [7, 11) is 0. The lowest BCUT2D eigenvalue weighted by Crippen LogP contribution is -2.32. The molecule has 0 unspecified atom stereocenters. The second-order valence-electron chi connectivity index (χ2n) is 3.68. The van der Waals surface area contributed by atoms with Gasteiger partial charge in [0.15, 0.2) is 17.4 Å². The summed E-state index contributed by atoms with van der Waals surface area (Å²) in [5.41, 5.74) is 16.1. The third-order valence-electron chi connectivity index (χ3n) is 2.32. The summed E-state index contributed by atoms with van der Waals surface area (Å²) in [4.78, 5) is 0.814. The smallest absolute Gasteiger partial charge is 0.177 e. The molecule has 0 fully saturated rings. The Bertz CT molecular complexity index is 567. The first kappa shape index (κ1) is 12.2. The van der Waals surface area contributed by atoms with Crippen molar-refractivity contribution in [2.45, 2.75) is 6.92 Å². The average molecular weight is 260 g/mol. The van der Waals surface area contributed by atoms with Gasteiger partial charge in [-0.05, 0) is 24.6 Å². The van der Waals surface area contributed by atoms with Gasteiger partial charge < -0.3 is 11.5 Å². The van der Waals surface area contributed by atoms with Crippen LogP contribution in [0.25, 0.3) is 0 Å². The van der Waals surface area contributed by atoms with Crippen molar-refractivity contribution in [3.05, 3.63) is 29.8 Å². The van der Waals surface area contributed by atoms with E-state index in [-0.39, 0.29) is 11.7 Å². The lowest BCUT2D eigenvalue weighted by Gasteiger charge is -2.04. The predicted molar refractivity (Wildman–Crippen MR) is 78.1 cm³/mol. The molecule has 0 saturated carbocycles. The molecule has 2 rings (SSSR count). The number of rotatable bonds is 3. The van der Waals surface area contributed by atoms with E-state index in [0.29, 0.717) is 5.71 Å². The predicted octanol–water partition coefficient (Wildman–Crippen LogP) is 0.835. The Morgan fingerprint density at radius 2 is 1.94 bits per heavy atom. The minimum Gasteiger partial charge on any atom is -0.380 e. The van der Waals surface area contributed by atoms with E-state index >= 15 is 0 Å². The van der Waals surface area contributed by atoms with Crippen molar-refractivity contribution in [3.8, 4) is 0 Å². The van der Waals surface area contributed by atoms with Crippen molar-refractivity contribution in [2.24, 2.45) is 26.8 Å². The maximum absolute atomic E-state index is 5.58. The highest BCUT2D eigenvalue weighted by Crippen LogP contribution is 2.11. The van der Waals surface area contributed by atoms with Crippen LogP contribution in [-0.4, -0.2) is 22.2 Å². The number of anilines is 1. The minimum atomic E-state index is 0.196. The second-order valence-corrected chi connectivity index (χ2v) is 4.29. The normalized spacial score (nSPS) is 13.9. The number of nitrogens with zero attached hydrogens (tertiary/aromatic N) is 3. The first-order chi connectivity index (χ1) is 8.58. The van der Waals surface area contributed by atoms with Crippen LogP contribution in [0.3, 0.4) is 0 Å². The molecule has 0 spiro atoms. The number of benzene rings is 1. The van der Waals surface area contributed by atoms with Crippen LogP contribution in [0.15, 0.2) is 39.6 Å². The molecule has 92 valence electrons. The molecule has 18 heavy (non-hydrogen) atoms. The van der Waals surface area contributed by atoms with Crippen molar-refractivity contribution < 1.29 is 0 Å². The number of hydrogen-bond donors (Lipinski definition) is 3. The molecule has 0 atom stereocenters. The van der Waals surface area contributed by atoms with Crippen LogP contribution in [0.4, 0.5) is 5.69 Å². The van der Waals surface area contributed by atoms with Crippen LogP contribution in [-0.2, 0) is 0 Å². The van der Waals surface area contributed by atoms with Crippen LogP contribution < -0.4 is 16.9 Å². The molecule has 1 aromatic carbocycles. The fourth-order valence-corrected chi connectivity index (χ4v) is 1.50. The van der Waals surface area contributed by atoms with Crippen molar-refractivity contribution in [3.63, 3.8) is 0 Å². The number of hydrazone groups is 1. The average Bonchev–Trinajstić information content (AvgIpc) is 2.67. The van der Waals surface area contributed by atoms with Gasteiger partial charge in [0, 0.05) is 4.86 Å². The molecule has 0 bridgehead atoms. The maximum atomic E-state index is 5.58. The van der Waals surface area contributed by atoms with Crippen molar-refractivity contribution in [1.29, 1.82) is 0 Å². The lowest BCUT2D eigenvalue weighted by molar-refractivity contribution is 1.25. The lowest BCUT2D eigenvalue weighted by atomic mass is 10.1. The molecule has 6 nitrogen and oxygen atoms in total. The Hall–Kier alpha value is -2.28. The quantitative estimate of drug-likeness (QED) is 0.425. The fourth-order valence-electron chi connectivity index (χ4n) is 1.38. The summed E-state index contributed by atoms with van der Waals surface area (Å²) in [5, 5.41) is 11.3. The summed E-state index contributed by atoms with van der Waals surface area (Å²) < 4.78 is 0. The monoisotopic (exact) mass is 260 g/mol. The van der Waals surface area contributed by atoms with Crippen LogP contribution in [0.2, 0.25) is 0 Å². The number of thiocarbonyl (C=S) groups is 1. The highest BCUT2D eigenvalue weighted by Gasteiger charge is 2.16.